The highest BCUT2D eigenvalue weighted by atomic mass is 16.2. The lowest BCUT2D eigenvalue weighted by atomic mass is 10.0. The van der Waals surface area contributed by atoms with Crippen molar-refractivity contribution in [3.05, 3.63) is 11.9 Å². The first-order valence-corrected chi connectivity index (χ1v) is 6.85. The molecule has 1 aromatic heterocycles. The fraction of sp³-hybridized carbons (Fsp3) is 0.615. The van der Waals surface area contributed by atoms with Crippen molar-refractivity contribution in [3.8, 4) is 0 Å². The van der Waals surface area contributed by atoms with E-state index in [1.54, 1.807) is 4.90 Å². The normalized spacial score (nSPS) is 16.6. The van der Waals surface area contributed by atoms with Gasteiger partial charge in [0.25, 0.3) is 0 Å². The highest BCUT2D eigenvalue weighted by Crippen LogP contribution is 2.30. The first-order chi connectivity index (χ1) is 9.54. The topological polar surface area (TPSA) is 87.4 Å². The van der Waals surface area contributed by atoms with Crippen molar-refractivity contribution in [2.75, 3.05) is 37.0 Å². The number of hydrogen-bond donors (Lipinski definition) is 2. The van der Waals surface area contributed by atoms with Crippen LogP contribution >= 0.6 is 0 Å². The molecular weight excluding hydrogens is 256 g/mol. The van der Waals surface area contributed by atoms with E-state index in [-0.39, 0.29) is 11.8 Å². The molecule has 110 valence electrons. The molecule has 1 aromatic rings. The predicted molar refractivity (Wildman–Crippen MR) is 78.4 cm³/mol. The van der Waals surface area contributed by atoms with E-state index in [2.05, 4.69) is 29.2 Å². The Morgan fingerprint density at radius 3 is 2.75 bits per heavy atom. The van der Waals surface area contributed by atoms with Crippen molar-refractivity contribution in [3.63, 3.8) is 0 Å². The SMILES string of the molecule is CC(C)c1c(NN)ncnc1N1CCCN(C)C(=O)C1. The molecule has 0 aliphatic carbocycles. The van der Waals surface area contributed by atoms with Gasteiger partial charge in [0.05, 0.1) is 6.54 Å². The molecule has 2 heterocycles. The predicted octanol–water partition coefficient (Wildman–Crippen LogP) is 0.554. The summed E-state index contributed by atoms with van der Waals surface area (Å²) in [6.07, 6.45) is 2.41. The molecule has 1 fully saturated rings. The van der Waals surface area contributed by atoms with Crippen LogP contribution in [0.3, 0.4) is 0 Å². The van der Waals surface area contributed by atoms with Crippen molar-refractivity contribution < 1.29 is 4.79 Å². The van der Waals surface area contributed by atoms with Crippen molar-refractivity contribution >= 4 is 17.5 Å². The molecule has 0 aromatic carbocycles. The number of likely N-dealkylation sites (N-methyl/N-ethyl adjacent to an activating group) is 1. The van der Waals surface area contributed by atoms with E-state index in [4.69, 9.17) is 5.84 Å². The number of hydrogen-bond acceptors (Lipinski definition) is 6. The molecule has 1 aliphatic rings. The van der Waals surface area contributed by atoms with Gasteiger partial charge in [-0.1, -0.05) is 13.8 Å². The molecule has 0 unspecified atom stereocenters. The number of rotatable bonds is 3. The van der Waals surface area contributed by atoms with Crippen molar-refractivity contribution in [2.45, 2.75) is 26.2 Å². The quantitative estimate of drug-likeness (QED) is 0.620. The summed E-state index contributed by atoms with van der Waals surface area (Å²) in [7, 11) is 1.84. The second-order valence-corrected chi connectivity index (χ2v) is 5.35. The summed E-state index contributed by atoms with van der Waals surface area (Å²) in [5.41, 5.74) is 3.57. The lowest BCUT2D eigenvalue weighted by Gasteiger charge is -2.25. The Hall–Kier alpha value is -1.89. The van der Waals surface area contributed by atoms with Crippen LogP contribution in [0.5, 0.6) is 0 Å². The van der Waals surface area contributed by atoms with Crippen LogP contribution in [0.4, 0.5) is 11.6 Å². The zero-order chi connectivity index (χ0) is 14.7. The zero-order valence-corrected chi connectivity index (χ0v) is 12.3. The standard InChI is InChI=1S/C13H22N6O/c1-9(2)11-12(17-14)15-8-16-13(11)19-6-4-5-18(3)10(20)7-19/h8-9H,4-7,14H2,1-3H3,(H,15,16,17). The van der Waals surface area contributed by atoms with Crippen LogP contribution in [0.1, 0.15) is 31.7 Å². The zero-order valence-electron chi connectivity index (χ0n) is 12.3. The molecule has 20 heavy (non-hydrogen) atoms. The van der Waals surface area contributed by atoms with Crippen LogP contribution in [0.15, 0.2) is 6.33 Å². The number of aromatic nitrogens is 2. The molecule has 0 spiro atoms. The van der Waals surface area contributed by atoms with Crippen molar-refractivity contribution in [2.24, 2.45) is 5.84 Å². The molecule has 1 aliphatic heterocycles. The van der Waals surface area contributed by atoms with Crippen LogP contribution in [-0.4, -0.2) is 47.5 Å². The van der Waals surface area contributed by atoms with Crippen LogP contribution in [0.2, 0.25) is 0 Å². The van der Waals surface area contributed by atoms with Crippen LogP contribution in [0, 0.1) is 0 Å². The Balaban J connectivity index is 2.38. The van der Waals surface area contributed by atoms with Crippen LogP contribution in [-0.2, 0) is 4.79 Å². The number of amides is 1. The molecular formula is C13H22N6O. The van der Waals surface area contributed by atoms with E-state index in [1.165, 1.54) is 6.33 Å². The smallest absolute Gasteiger partial charge is 0.241 e. The number of nitrogen functional groups attached to an aromatic ring is 1. The van der Waals surface area contributed by atoms with E-state index in [0.717, 1.165) is 30.9 Å². The largest absolute Gasteiger partial charge is 0.347 e. The third-order valence-corrected chi connectivity index (χ3v) is 3.55. The van der Waals surface area contributed by atoms with Gasteiger partial charge in [0, 0.05) is 25.7 Å². The molecule has 7 nitrogen and oxygen atoms in total. The summed E-state index contributed by atoms with van der Waals surface area (Å²) >= 11 is 0. The first-order valence-electron chi connectivity index (χ1n) is 6.85. The lowest BCUT2D eigenvalue weighted by Crippen LogP contribution is -2.35. The minimum atomic E-state index is 0.109. The Labute approximate surface area is 119 Å². The van der Waals surface area contributed by atoms with E-state index >= 15 is 0 Å². The van der Waals surface area contributed by atoms with E-state index < -0.39 is 0 Å². The van der Waals surface area contributed by atoms with Gasteiger partial charge in [0.2, 0.25) is 5.91 Å². The summed E-state index contributed by atoms with van der Waals surface area (Å²) < 4.78 is 0. The van der Waals surface area contributed by atoms with Crippen LogP contribution < -0.4 is 16.2 Å². The van der Waals surface area contributed by atoms with E-state index in [0.29, 0.717) is 12.4 Å². The fourth-order valence-corrected chi connectivity index (χ4v) is 2.45. The minimum Gasteiger partial charge on any atom is -0.347 e. The molecule has 0 bridgehead atoms. The second kappa shape index (κ2) is 6.04. The Bertz CT molecular complexity index is 490. The molecule has 0 radical (unpaired) electrons. The number of carbonyl (C=O) groups excluding carboxylic acids is 1. The molecule has 0 atom stereocenters. The van der Waals surface area contributed by atoms with Crippen LogP contribution in [0.25, 0.3) is 0 Å². The van der Waals surface area contributed by atoms with E-state index in [9.17, 15) is 4.79 Å². The molecule has 1 saturated heterocycles. The monoisotopic (exact) mass is 278 g/mol. The number of carbonyl (C=O) groups is 1. The Kier molecular flexibility index (Phi) is 4.39. The van der Waals surface area contributed by atoms with Gasteiger partial charge >= 0.3 is 0 Å². The molecule has 7 heteroatoms. The van der Waals surface area contributed by atoms with Gasteiger partial charge in [-0.2, -0.15) is 0 Å². The Morgan fingerprint density at radius 1 is 1.35 bits per heavy atom. The van der Waals surface area contributed by atoms with Crippen molar-refractivity contribution in [1.82, 2.24) is 14.9 Å². The molecule has 2 rings (SSSR count). The first kappa shape index (κ1) is 14.5. The maximum absolute atomic E-state index is 12.0. The van der Waals surface area contributed by atoms with Gasteiger partial charge in [-0.15, -0.1) is 0 Å². The maximum atomic E-state index is 12.0. The summed E-state index contributed by atoms with van der Waals surface area (Å²) in [5.74, 6) is 7.28. The summed E-state index contributed by atoms with van der Waals surface area (Å²) in [6.45, 7) is 6.05. The number of nitrogens with two attached hydrogens (primary N) is 1. The van der Waals surface area contributed by atoms with E-state index in [1.807, 2.05) is 11.9 Å². The number of hydrazine groups is 1. The third kappa shape index (κ3) is 2.82. The molecule has 0 saturated carbocycles. The average molecular weight is 278 g/mol. The highest BCUT2D eigenvalue weighted by Gasteiger charge is 2.24. The van der Waals surface area contributed by atoms with Gasteiger partial charge in [-0.25, -0.2) is 15.8 Å². The number of anilines is 2. The summed E-state index contributed by atoms with van der Waals surface area (Å²) in [5, 5.41) is 0. The van der Waals surface area contributed by atoms with Gasteiger partial charge in [0.1, 0.15) is 18.0 Å². The number of nitrogens with one attached hydrogen (secondary N) is 1. The summed E-state index contributed by atoms with van der Waals surface area (Å²) in [6, 6.07) is 0. The average Bonchev–Trinajstić information content (AvgIpc) is 2.60. The van der Waals surface area contributed by atoms with Gasteiger partial charge in [-0.3, -0.25) is 4.79 Å². The lowest BCUT2D eigenvalue weighted by molar-refractivity contribution is -0.127. The minimum absolute atomic E-state index is 0.109. The maximum Gasteiger partial charge on any atom is 0.241 e. The highest BCUT2D eigenvalue weighted by molar-refractivity contribution is 5.82. The second-order valence-electron chi connectivity index (χ2n) is 5.35. The molecule has 1 amide bonds. The Morgan fingerprint density at radius 2 is 2.10 bits per heavy atom. The molecule has 3 N–H and O–H groups in total. The van der Waals surface area contributed by atoms with Gasteiger partial charge < -0.3 is 15.2 Å². The van der Waals surface area contributed by atoms with Crippen molar-refractivity contribution in [1.29, 1.82) is 0 Å². The number of nitrogens with zero attached hydrogens (tertiary/aromatic N) is 4. The third-order valence-electron chi connectivity index (χ3n) is 3.55. The fourth-order valence-electron chi connectivity index (χ4n) is 2.45. The van der Waals surface area contributed by atoms with Gasteiger partial charge in [-0.05, 0) is 12.3 Å². The van der Waals surface area contributed by atoms with Gasteiger partial charge in [0.15, 0.2) is 0 Å². The summed E-state index contributed by atoms with van der Waals surface area (Å²) in [4.78, 5) is 24.4.